The first kappa shape index (κ1) is 12.5. The molecule has 1 unspecified atom stereocenters. The van der Waals surface area contributed by atoms with Gasteiger partial charge in [-0.05, 0) is 26.0 Å². The van der Waals surface area contributed by atoms with Crippen LogP contribution in [0.25, 0.3) is 10.2 Å². The monoisotopic (exact) mass is 250 g/mol. The van der Waals surface area contributed by atoms with Crippen molar-refractivity contribution in [1.82, 2.24) is 4.98 Å². The van der Waals surface area contributed by atoms with E-state index in [4.69, 9.17) is 10.5 Å². The van der Waals surface area contributed by atoms with Crippen LogP contribution in [0.2, 0.25) is 0 Å². The Morgan fingerprint density at radius 2 is 2.18 bits per heavy atom. The van der Waals surface area contributed by atoms with Crippen molar-refractivity contribution >= 4 is 21.6 Å². The highest BCUT2D eigenvalue weighted by Gasteiger charge is 2.21. The Hall–Kier alpha value is -0.970. The van der Waals surface area contributed by atoms with Gasteiger partial charge in [0.25, 0.3) is 0 Å². The average molecular weight is 250 g/mol. The van der Waals surface area contributed by atoms with Crippen molar-refractivity contribution in [1.29, 1.82) is 0 Å². The molecule has 0 amide bonds. The first-order valence-electron chi connectivity index (χ1n) is 5.82. The standard InChI is InChI=1S/C13H18N2OS/c1-3-16-9-13(2,14)8-12-15-10-6-4-5-7-11(10)17-12/h4-7H,3,8-9,14H2,1-2H3. The van der Waals surface area contributed by atoms with Crippen LogP contribution in [0.1, 0.15) is 18.9 Å². The zero-order valence-electron chi connectivity index (χ0n) is 10.3. The van der Waals surface area contributed by atoms with Gasteiger partial charge in [-0.15, -0.1) is 11.3 Å². The van der Waals surface area contributed by atoms with Crippen molar-refractivity contribution in [3.63, 3.8) is 0 Å². The highest BCUT2D eigenvalue weighted by atomic mass is 32.1. The molecule has 0 aliphatic rings. The summed E-state index contributed by atoms with van der Waals surface area (Å²) in [6.07, 6.45) is 0.756. The van der Waals surface area contributed by atoms with Crippen LogP contribution in [0.4, 0.5) is 0 Å². The highest BCUT2D eigenvalue weighted by Crippen LogP contribution is 2.24. The summed E-state index contributed by atoms with van der Waals surface area (Å²) in [5, 5.41) is 1.08. The van der Waals surface area contributed by atoms with Crippen LogP contribution in [0.3, 0.4) is 0 Å². The van der Waals surface area contributed by atoms with Gasteiger partial charge < -0.3 is 10.5 Å². The smallest absolute Gasteiger partial charge is 0.0957 e. The van der Waals surface area contributed by atoms with Crippen LogP contribution in [-0.2, 0) is 11.2 Å². The summed E-state index contributed by atoms with van der Waals surface area (Å²) in [4.78, 5) is 4.59. The van der Waals surface area contributed by atoms with E-state index in [-0.39, 0.29) is 5.54 Å². The number of benzene rings is 1. The summed E-state index contributed by atoms with van der Waals surface area (Å²) in [7, 11) is 0. The fraction of sp³-hybridized carbons (Fsp3) is 0.462. The van der Waals surface area contributed by atoms with Crippen molar-refractivity contribution in [3.8, 4) is 0 Å². The molecule has 3 nitrogen and oxygen atoms in total. The Labute approximate surface area is 106 Å². The lowest BCUT2D eigenvalue weighted by atomic mass is 10.0. The van der Waals surface area contributed by atoms with Crippen LogP contribution in [-0.4, -0.2) is 23.7 Å². The third-order valence-corrected chi connectivity index (χ3v) is 3.57. The van der Waals surface area contributed by atoms with Gasteiger partial charge in [0.2, 0.25) is 0 Å². The second-order valence-corrected chi connectivity index (χ2v) is 5.66. The summed E-state index contributed by atoms with van der Waals surface area (Å²) in [5.41, 5.74) is 6.91. The van der Waals surface area contributed by atoms with Crippen LogP contribution in [0, 0.1) is 0 Å². The van der Waals surface area contributed by atoms with Gasteiger partial charge >= 0.3 is 0 Å². The zero-order valence-corrected chi connectivity index (χ0v) is 11.1. The number of thiazole rings is 1. The molecule has 1 aromatic carbocycles. The number of para-hydroxylation sites is 1. The minimum Gasteiger partial charge on any atom is -0.380 e. The molecule has 0 saturated heterocycles. The molecule has 0 radical (unpaired) electrons. The number of ether oxygens (including phenoxy) is 1. The van der Waals surface area contributed by atoms with Gasteiger partial charge in [-0.1, -0.05) is 12.1 Å². The number of nitrogens with two attached hydrogens (primary N) is 1. The maximum Gasteiger partial charge on any atom is 0.0957 e. The summed E-state index contributed by atoms with van der Waals surface area (Å²) in [6, 6.07) is 8.17. The van der Waals surface area contributed by atoms with Crippen LogP contribution < -0.4 is 5.73 Å². The Morgan fingerprint density at radius 3 is 2.88 bits per heavy atom. The lowest BCUT2D eigenvalue weighted by Gasteiger charge is -2.22. The van der Waals surface area contributed by atoms with Crippen LogP contribution in [0.5, 0.6) is 0 Å². The number of hydrogen-bond acceptors (Lipinski definition) is 4. The molecular weight excluding hydrogens is 232 g/mol. The third-order valence-electron chi connectivity index (χ3n) is 2.53. The molecule has 1 atom stereocenters. The van der Waals surface area contributed by atoms with Gasteiger partial charge in [-0.3, -0.25) is 0 Å². The molecule has 0 aliphatic carbocycles. The largest absolute Gasteiger partial charge is 0.380 e. The molecule has 0 saturated carbocycles. The summed E-state index contributed by atoms with van der Waals surface area (Å²) in [6.45, 7) is 5.26. The van der Waals surface area contributed by atoms with Crippen molar-refractivity contribution in [3.05, 3.63) is 29.3 Å². The number of fused-ring (bicyclic) bond motifs is 1. The molecule has 1 heterocycles. The minimum atomic E-state index is -0.343. The number of rotatable bonds is 5. The van der Waals surface area contributed by atoms with Gasteiger partial charge in [-0.2, -0.15) is 0 Å². The number of hydrogen-bond donors (Lipinski definition) is 1. The molecule has 1 aromatic heterocycles. The average Bonchev–Trinajstić information content (AvgIpc) is 2.67. The third kappa shape index (κ3) is 3.25. The van der Waals surface area contributed by atoms with E-state index in [9.17, 15) is 0 Å². The molecule has 2 N–H and O–H groups in total. The van der Waals surface area contributed by atoms with Crippen LogP contribution in [0.15, 0.2) is 24.3 Å². The van der Waals surface area contributed by atoms with E-state index in [1.165, 1.54) is 4.70 Å². The fourth-order valence-electron chi connectivity index (χ4n) is 1.73. The maximum atomic E-state index is 6.20. The molecule has 0 spiro atoms. The van der Waals surface area contributed by atoms with Gasteiger partial charge in [0.05, 0.1) is 21.8 Å². The van der Waals surface area contributed by atoms with Crippen molar-refractivity contribution in [2.75, 3.05) is 13.2 Å². The molecule has 0 aliphatic heterocycles. The van der Waals surface area contributed by atoms with E-state index in [0.29, 0.717) is 13.2 Å². The highest BCUT2D eigenvalue weighted by molar-refractivity contribution is 7.18. The second-order valence-electron chi connectivity index (χ2n) is 4.54. The number of aromatic nitrogens is 1. The first-order valence-corrected chi connectivity index (χ1v) is 6.63. The van der Waals surface area contributed by atoms with E-state index in [1.807, 2.05) is 32.0 Å². The van der Waals surface area contributed by atoms with Crippen LogP contribution >= 0.6 is 11.3 Å². The second kappa shape index (κ2) is 5.12. The van der Waals surface area contributed by atoms with Crippen molar-refractivity contribution < 1.29 is 4.74 Å². The Kier molecular flexibility index (Phi) is 3.76. The lowest BCUT2D eigenvalue weighted by Crippen LogP contribution is -2.43. The Balaban J connectivity index is 2.12. The summed E-state index contributed by atoms with van der Waals surface area (Å²) in [5.74, 6) is 0. The molecule has 2 aromatic rings. The van der Waals surface area contributed by atoms with E-state index < -0.39 is 0 Å². The quantitative estimate of drug-likeness (QED) is 0.887. The summed E-state index contributed by atoms with van der Waals surface area (Å²) < 4.78 is 6.61. The van der Waals surface area contributed by atoms with E-state index in [2.05, 4.69) is 11.1 Å². The zero-order chi connectivity index (χ0) is 12.3. The summed E-state index contributed by atoms with van der Waals surface area (Å²) >= 11 is 1.71. The number of nitrogens with zero attached hydrogens (tertiary/aromatic N) is 1. The Morgan fingerprint density at radius 1 is 1.41 bits per heavy atom. The normalized spacial score (nSPS) is 15.0. The Bertz CT molecular complexity index is 460. The molecule has 2 rings (SSSR count). The van der Waals surface area contributed by atoms with E-state index in [0.717, 1.165) is 16.9 Å². The topological polar surface area (TPSA) is 48.1 Å². The SMILES string of the molecule is CCOCC(C)(N)Cc1nc2ccccc2s1. The van der Waals surface area contributed by atoms with Gasteiger partial charge in [-0.25, -0.2) is 4.98 Å². The van der Waals surface area contributed by atoms with Crippen molar-refractivity contribution in [2.24, 2.45) is 5.73 Å². The maximum absolute atomic E-state index is 6.20. The van der Waals surface area contributed by atoms with Gasteiger partial charge in [0.1, 0.15) is 0 Å². The molecule has 92 valence electrons. The predicted molar refractivity (Wildman–Crippen MR) is 72.4 cm³/mol. The van der Waals surface area contributed by atoms with E-state index in [1.54, 1.807) is 11.3 Å². The van der Waals surface area contributed by atoms with Gasteiger partial charge in [0, 0.05) is 18.6 Å². The molecule has 0 bridgehead atoms. The molecule has 0 fully saturated rings. The molecule has 4 heteroatoms. The lowest BCUT2D eigenvalue weighted by molar-refractivity contribution is 0.101. The molecule has 17 heavy (non-hydrogen) atoms. The van der Waals surface area contributed by atoms with Gasteiger partial charge in [0.15, 0.2) is 0 Å². The van der Waals surface area contributed by atoms with E-state index >= 15 is 0 Å². The fourth-order valence-corrected chi connectivity index (χ4v) is 2.89. The molecular formula is C13H18N2OS. The first-order chi connectivity index (χ1) is 8.11. The predicted octanol–water partition coefficient (Wildman–Crippen LogP) is 2.59. The minimum absolute atomic E-state index is 0.343. The van der Waals surface area contributed by atoms with Crippen molar-refractivity contribution in [2.45, 2.75) is 25.8 Å².